The molecule has 0 saturated heterocycles. The highest BCUT2D eigenvalue weighted by molar-refractivity contribution is 6.14. The second kappa shape index (κ2) is 16.5. The minimum absolute atomic E-state index is 0.489. The van der Waals surface area contributed by atoms with Crippen molar-refractivity contribution < 1.29 is 0 Å². The fourth-order valence-electron chi connectivity index (χ4n) is 16.5. The van der Waals surface area contributed by atoms with Crippen molar-refractivity contribution in [2.45, 2.75) is 17.3 Å². The molecular weight excluding hydrogens is 1000 g/mol. The minimum atomic E-state index is -0.497. The molecule has 4 aliphatic carbocycles. The normalized spacial score (nSPS) is 14.2. The zero-order valence-electron chi connectivity index (χ0n) is 45.3. The summed E-state index contributed by atoms with van der Waals surface area (Å²) in [5.74, 6) is 0. The van der Waals surface area contributed by atoms with Crippen LogP contribution in [0, 0.1) is 0 Å². The van der Waals surface area contributed by atoms with Crippen molar-refractivity contribution in [3.8, 4) is 39.1 Å². The molecule has 0 fully saturated rings. The van der Waals surface area contributed by atoms with E-state index < -0.39 is 10.8 Å². The Morgan fingerprint density at radius 3 is 1.49 bits per heavy atom. The Balaban J connectivity index is 0.855. The maximum absolute atomic E-state index is 2.60. The van der Waals surface area contributed by atoms with Gasteiger partial charge in [0.25, 0.3) is 0 Å². The molecule has 1 aromatic heterocycles. The molecule has 0 aliphatic heterocycles. The molecule has 2 nitrogen and oxygen atoms in total. The molecule has 0 amide bonds. The summed E-state index contributed by atoms with van der Waals surface area (Å²) in [4.78, 5) is 2.60. The van der Waals surface area contributed by atoms with E-state index in [0.29, 0.717) is 0 Å². The van der Waals surface area contributed by atoms with Crippen molar-refractivity contribution in [2.24, 2.45) is 0 Å². The Labute approximate surface area is 481 Å². The molecule has 0 unspecified atom stereocenters. The van der Waals surface area contributed by atoms with E-state index in [2.05, 4.69) is 301 Å². The van der Waals surface area contributed by atoms with Gasteiger partial charge in [0.15, 0.2) is 0 Å². The summed E-state index contributed by atoms with van der Waals surface area (Å²) >= 11 is 0. The van der Waals surface area contributed by atoms with Crippen LogP contribution in [0.2, 0.25) is 0 Å². The van der Waals surface area contributed by atoms with Crippen LogP contribution >= 0.6 is 0 Å². The molecular formula is C81H50N2. The second-order valence-corrected chi connectivity index (χ2v) is 23.3. The summed E-state index contributed by atoms with van der Waals surface area (Å²) in [5.41, 5.74) is 27.1. The molecule has 0 bridgehead atoms. The smallest absolute Gasteiger partial charge is 0.0726 e. The van der Waals surface area contributed by atoms with Crippen LogP contribution in [-0.4, -0.2) is 4.57 Å². The number of nitrogens with zero attached hydrogens (tertiary/aromatic N) is 2. The van der Waals surface area contributed by atoms with E-state index in [9.17, 15) is 0 Å². The number of hydrogen-bond donors (Lipinski definition) is 0. The number of aromatic nitrogens is 1. The van der Waals surface area contributed by atoms with E-state index in [4.69, 9.17) is 0 Å². The summed E-state index contributed by atoms with van der Waals surface area (Å²) in [6, 6.07) is 111. The van der Waals surface area contributed by atoms with E-state index in [1.165, 1.54) is 143 Å². The van der Waals surface area contributed by atoms with Crippen LogP contribution < -0.4 is 4.90 Å². The first-order valence-electron chi connectivity index (χ1n) is 29.2. The largest absolute Gasteiger partial charge is 0.309 e. The van der Waals surface area contributed by atoms with Crippen LogP contribution in [-0.2, 0) is 17.3 Å². The topological polar surface area (TPSA) is 8.17 Å². The van der Waals surface area contributed by atoms with E-state index in [1.807, 2.05) is 0 Å². The van der Waals surface area contributed by atoms with E-state index in [-0.39, 0.29) is 0 Å². The van der Waals surface area contributed by atoms with Crippen molar-refractivity contribution >= 4 is 71.2 Å². The Bertz CT molecular complexity index is 5160. The number of anilines is 3. The molecule has 2 spiro atoms. The van der Waals surface area contributed by atoms with Crippen molar-refractivity contribution in [1.82, 2.24) is 4.57 Å². The zero-order valence-corrected chi connectivity index (χ0v) is 45.3. The van der Waals surface area contributed by atoms with Gasteiger partial charge in [-0.1, -0.05) is 237 Å². The van der Waals surface area contributed by atoms with Gasteiger partial charge in [0.05, 0.1) is 33.2 Å². The molecule has 0 saturated carbocycles. The average molecular weight is 1050 g/mol. The molecule has 4 aliphatic rings. The van der Waals surface area contributed by atoms with Crippen molar-refractivity contribution in [1.29, 1.82) is 0 Å². The number of hydrogen-bond acceptors (Lipinski definition) is 1. The fourth-order valence-corrected chi connectivity index (χ4v) is 16.5. The third-order valence-electron chi connectivity index (χ3n) is 19.6. The lowest BCUT2D eigenvalue weighted by Gasteiger charge is -2.48. The maximum atomic E-state index is 2.60. The summed E-state index contributed by atoms with van der Waals surface area (Å²) < 4.78 is 2.40. The van der Waals surface area contributed by atoms with Gasteiger partial charge in [-0.25, -0.2) is 0 Å². The Morgan fingerprint density at radius 2 is 0.795 bits per heavy atom. The molecule has 0 N–H and O–H groups in total. The van der Waals surface area contributed by atoms with Gasteiger partial charge in [-0.15, -0.1) is 0 Å². The fraction of sp³-hybridized carbons (Fsp3) is 0.0370. The Hall–Kier alpha value is -10.5. The first kappa shape index (κ1) is 45.2. The average Bonchev–Trinajstić information content (AvgIpc) is 1.09. The summed E-state index contributed by atoms with van der Waals surface area (Å²) in [6.07, 6.45) is 0.888. The highest BCUT2D eigenvalue weighted by atomic mass is 15.1. The van der Waals surface area contributed by atoms with Gasteiger partial charge in [0, 0.05) is 33.1 Å². The predicted octanol–water partition coefficient (Wildman–Crippen LogP) is 20.3. The number of rotatable bonds is 5. The van der Waals surface area contributed by atoms with Crippen LogP contribution in [0.1, 0.15) is 55.6 Å². The third-order valence-corrected chi connectivity index (χ3v) is 19.6. The van der Waals surface area contributed by atoms with Crippen molar-refractivity contribution in [3.05, 3.63) is 347 Å². The van der Waals surface area contributed by atoms with Gasteiger partial charge in [-0.05, 0) is 171 Å². The zero-order chi connectivity index (χ0) is 54.1. The minimum Gasteiger partial charge on any atom is -0.309 e. The van der Waals surface area contributed by atoms with Gasteiger partial charge in [-0.3, -0.25) is 0 Å². The number of benzene rings is 14. The molecule has 1 heterocycles. The Kier molecular flexibility index (Phi) is 9.01. The monoisotopic (exact) mass is 1050 g/mol. The maximum Gasteiger partial charge on any atom is 0.0726 e. The SMILES string of the molecule is c1ccc(-n2c3ccccc3c3cc(-c4ccc(N(c5cccc6c5-c5ccccc5C65c6ccccc6-c6ccccc65)c5ccc6c7c(cccc57)C65c6cccc7cccc(c67)Cc6cccc7cccc5c67)cc4)ccc32)cc1. The van der Waals surface area contributed by atoms with Crippen molar-refractivity contribution in [2.75, 3.05) is 4.90 Å². The summed E-state index contributed by atoms with van der Waals surface area (Å²) in [6.45, 7) is 0. The molecule has 0 radical (unpaired) electrons. The van der Waals surface area contributed by atoms with E-state index in [1.54, 1.807) is 0 Å². The summed E-state index contributed by atoms with van der Waals surface area (Å²) in [5, 5.41) is 10.4. The van der Waals surface area contributed by atoms with Crippen LogP contribution in [0.4, 0.5) is 17.1 Å². The lowest BCUT2D eigenvalue weighted by atomic mass is 9.54. The second-order valence-electron chi connectivity index (χ2n) is 23.3. The highest BCUT2D eigenvalue weighted by Gasteiger charge is 2.54. The van der Waals surface area contributed by atoms with Gasteiger partial charge in [0.1, 0.15) is 0 Å². The molecule has 19 rings (SSSR count). The molecule has 83 heavy (non-hydrogen) atoms. The molecule has 14 aromatic carbocycles. The van der Waals surface area contributed by atoms with Gasteiger partial charge >= 0.3 is 0 Å². The van der Waals surface area contributed by atoms with Crippen LogP contribution in [0.5, 0.6) is 0 Å². The van der Waals surface area contributed by atoms with Crippen molar-refractivity contribution in [3.63, 3.8) is 0 Å². The van der Waals surface area contributed by atoms with Crippen LogP contribution in [0.25, 0.3) is 93.2 Å². The molecule has 2 heteroatoms. The number of para-hydroxylation sites is 2. The van der Waals surface area contributed by atoms with Gasteiger partial charge < -0.3 is 9.47 Å². The lowest BCUT2D eigenvalue weighted by molar-refractivity contribution is 0.734. The van der Waals surface area contributed by atoms with Crippen LogP contribution in [0.15, 0.2) is 291 Å². The molecule has 0 atom stereocenters. The predicted molar refractivity (Wildman–Crippen MR) is 344 cm³/mol. The number of fused-ring (bicyclic) bond motifs is 17. The Morgan fingerprint density at radius 1 is 0.301 bits per heavy atom. The quantitative estimate of drug-likeness (QED) is 0.167. The van der Waals surface area contributed by atoms with Crippen LogP contribution in [0.3, 0.4) is 0 Å². The highest BCUT2D eigenvalue weighted by Crippen LogP contribution is 2.66. The van der Waals surface area contributed by atoms with E-state index in [0.717, 1.165) is 29.2 Å². The van der Waals surface area contributed by atoms with Gasteiger partial charge in [0.2, 0.25) is 0 Å². The standard InChI is InChI=1S/C81H50N2/c1-2-24-56(25-3-1)82-72-38-11-7-28-60(72)63-49-53(42-46-74(63)82)50-40-43-57(44-41-50)83(75-39-17-37-70-79(75)61-29-6-10-33-66(61)80(70)64-31-8-4-26-58(64)59-27-5-9-32-65(59)80)73-47-45-71-78-62(73)30-16-36-69(78)81(71)67-34-14-20-51-18-12-22-54(76(51)67)48-55-23-13-19-52-21-15-35-68(81)77(52)55/h1-47,49H,48H2. The first-order chi connectivity index (χ1) is 41.2. The molecule has 384 valence electrons. The first-order valence-corrected chi connectivity index (χ1v) is 29.2. The van der Waals surface area contributed by atoms with Gasteiger partial charge in [-0.2, -0.15) is 0 Å². The van der Waals surface area contributed by atoms with E-state index >= 15 is 0 Å². The molecule has 15 aromatic rings. The summed E-state index contributed by atoms with van der Waals surface area (Å²) in [7, 11) is 0. The third kappa shape index (κ3) is 5.72. The lowest BCUT2D eigenvalue weighted by Crippen LogP contribution is -2.39.